The van der Waals surface area contributed by atoms with Crippen molar-refractivity contribution in [3.63, 3.8) is 0 Å². The third-order valence-electron chi connectivity index (χ3n) is 8.29. The SMILES string of the molecule is CC(C)c1ccc([C@@](O)(c2cncc(-c3ccc(C4CCOCC4)[nH]3)c2)C2C(C)CN2C(=O)OC(C)(C)C)cc1. The number of aromatic nitrogens is 2. The molecule has 0 spiro atoms. The number of aromatic amines is 1. The molecular formula is C33H43N3O4. The molecular weight excluding hydrogens is 502 g/mol. The first kappa shape index (κ1) is 28.4. The van der Waals surface area contributed by atoms with Crippen LogP contribution in [0, 0.1) is 5.92 Å². The molecule has 2 N–H and O–H groups in total. The monoisotopic (exact) mass is 545 g/mol. The maximum absolute atomic E-state index is 13.3. The molecule has 3 atom stereocenters. The van der Waals surface area contributed by atoms with Gasteiger partial charge in [0.25, 0.3) is 0 Å². The summed E-state index contributed by atoms with van der Waals surface area (Å²) in [4.78, 5) is 23.1. The third kappa shape index (κ3) is 5.54. The zero-order valence-electron chi connectivity index (χ0n) is 24.6. The van der Waals surface area contributed by atoms with E-state index >= 15 is 0 Å². The molecule has 2 saturated heterocycles. The van der Waals surface area contributed by atoms with Crippen LogP contribution in [-0.2, 0) is 15.1 Å². The molecule has 0 saturated carbocycles. The van der Waals surface area contributed by atoms with Crippen molar-refractivity contribution >= 4 is 6.09 Å². The van der Waals surface area contributed by atoms with Crippen molar-refractivity contribution in [2.45, 2.75) is 83.5 Å². The fraction of sp³-hybridized carbons (Fsp3) is 0.515. The van der Waals surface area contributed by atoms with Crippen LogP contribution >= 0.6 is 0 Å². The lowest BCUT2D eigenvalue weighted by atomic mass is 9.70. The van der Waals surface area contributed by atoms with E-state index in [0.717, 1.165) is 42.9 Å². The molecule has 0 radical (unpaired) electrons. The van der Waals surface area contributed by atoms with E-state index in [4.69, 9.17) is 9.47 Å². The van der Waals surface area contributed by atoms with Gasteiger partial charge in [-0.05, 0) is 74.8 Å². The standard InChI is InChI=1S/C33H43N3O4/c1-21(2)23-7-9-26(10-8-23)33(38,30-22(3)20-36(30)31(37)40-32(4,5)6)27-17-25(18-34-19-27)29-12-11-28(35-29)24-13-15-39-16-14-24/h7-12,17-19,21-22,24,30,35,38H,13-16,20H2,1-6H3/t22?,30?,33-/m1/s1. The van der Waals surface area contributed by atoms with Crippen molar-refractivity contribution in [1.82, 2.24) is 14.9 Å². The average Bonchev–Trinajstić information content (AvgIpc) is 3.42. The second-order valence-corrected chi connectivity index (χ2v) is 12.8. The molecule has 0 aliphatic carbocycles. The molecule has 2 unspecified atom stereocenters. The van der Waals surface area contributed by atoms with Gasteiger partial charge in [0, 0.05) is 60.6 Å². The number of ether oxygens (including phenoxy) is 2. The lowest BCUT2D eigenvalue weighted by Gasteiger charge is -2.54. The number of H-pyrrole nitrogens is 1. The number of benzene rings is 1. The largest absolute Gasteiger partial charge is 0.444 e. The Labute approximate surface area is 237 Å². The zero-order chi connectivity index (χ0) is 28.7. The third-order valence-corrected chi connectivity index (χ3v) is 8.29. The van der Waals surface area contributed by atoms with Gasteiger partial charge in [-0.2, -0.15) is 0 Å². The van der Waals surface area contributed by atoms with E-state index < -0.39 is 23.3 Å². The van der Waals surface area contributed by atoms with Gasteiger partial charge in [-0.1, -0.05) is 45.0 Å². The number of pyridine rings is 1. The first-order chi connectivity index (χ1) is 19.0. The van der Waals surface area contributed by atoms with E-state index in [1.165, 1.54) is 11.3 Å². The predicted molar refractivity (Wildman–Crippen MR) is 156 cm³/mol. The van der Waals surface area contributed by atoms with Crippen LogP contribution in [0.1, 0.15) is 88.6 Å². The van der Waals surface area contributed by atoms with Crippen molar-refractivity contribution in [2.24, 2.45) is 5.92 Å². The molecule has 5 rings (SSSR count). The maximum Gasteiger partial charge on any atom is 0.410 e. The summed E-state index contributed by atoms with van der Waals surface area (Å²) in [6.45, 7) is 14.0. The Bertz CT molecular complexity index is 1320. The minimum Gasteiger partial charge on any atom is -0.444 e. The van der Waals surface area contributed by atoms with Gasteiger partial charge in [0.1, 0.15) is 11.2 Å². The normalized spacial score (nSPS) is 21.6. The van der Waals surface area contributed by atoms with Crippen LogP contribution in [0.2, 0.25) is 0 Å². The molecule has 3 aromatic rings. The van der Waals surface area contributed by atoms with Gasteiger partial charge in [0.15, 0.2) is 0 Å². The van der Waals surface area contributed by atoms with Crippen LogP contribution in [-0.4, -0.2) is 57.5 Å². The fourth-order valence-electron chi connectivity index (χ4n) is 6.09. The van der Waals surface area contributed by atoms with Gasteiger partial charge in [-0.15, -0.1) is 0 Å². The van der Waals surface area contributed by atoms with Crippen molar-refractivity contribution in [3.8, 4) is 11.3 Å². The summed E-state index contributed by atoms with van der Waals surface area (Å²) in [7, 11) is 0. The Morgan fingerprint density at radius 1 is 1.07 bits per heavy atom. The quantitative estimate of drug-likeness (QED) is 0.365. The topological polar surface area (TPSA) is 87.7 Å². The average molecular weight is 546 g/mol. The number of carbonyl (C=O) groups excluding carboxylic acids is 1. The van der Waals surface area contributed by atoms with Crippen LogP contribution < -0.4 is 0 Å². The van der Waals surface area contributed by atoms with Crippen molar-refractivity contribution in [2.75, 3.05) is 19.8 Å². The van der Waals surface area contributed by atoms with Gasteiger partial charge in [0.05, 0.1) is 6.04 Å². The Kier molecular flexibility index (Phi) is 7.81. The van der Waals surface area contributed by atoms with E-state index in [2.05, 4.69) is 55.0 Å². The fourth-order valence-corrected chi connectivity index (χ4v) is 6.09. The number of carbonyl (C=O) groups is 1. The van der Waals surface area contributed by atoms with Gasteiger partial charge in [0.2, 0.25) is 0 Å². The predicted octanol–water partition coefficient (Wildman–Crippen LogP) is 6.59. The van der Waals surface area contributed by atoms with Gasteiger partial charge < -0.3 is 24.5 Å². The Hall–Kier alpha value is -3.16. The zero-order valence-corrected chi connectivity index (χ0v) is 24.6. The second kappa shape index (κ2) is 11.0. The summed E-state index contributed by atoms with van der Waals surface area (Å²) >= 11 is 0. The number of rotatable bonds is 6. The molecule has 4 heterocycles. The van der Waals surface area contributed by atoms with Crippen molar-refractivity contribution < 1.29 is 19.4 Å². The highest BCUT2D eigenvalue weighted by molar-refractivity contribution is 5.71. The van der Waals surface area contributed by atoms with Gasteiger partial charge in [-0.25, -0.2) is 4.79 Å². The molecule has 1 amide bonds. The van der Waals surface area contributed by atoms with Crippen molar-refractivity contribution in [3.05, 3.63) is 77.2 Å². The summed E-state index contributed by atoms with van der Waals surface area (Å²) in [6, 6.07) is 13.8. The molecule has 7 nitrogen and oxygen atoms in total. The van der Waals surface area contributed by atoms with Crippen LogP contribution in [0.15, 0.2) is 54.9 Å². The van der Waals surface area contributed by atoms with E-state index in [1.807, 2.05) is 45.2 Å². The van der Waals surface area contributed by atoms with E-state index in [-0.39, 0.29) is 5.92 Å². The number of aliphatic hydroxyl groups is 1. The van der Waals surface area contributed by atoms with Gasteiger partial charge in [-0.3, -0.25) is 4.98 Å². The number of amides is 1. The number of nitrogens with zero attached hydrogens (tertiary/aromatic N) is 2. The molecule has 2 fully saturated rings. The van der Waals surface area contributed by atoms with E-state index in [0.29, 0.717) is 23.9 Å². The van der Waals surface area contributed by atoms with Crippen LogP contribution in [0.5, 0.6) is 0 Å². The maximum atomic E-state index is 13.3. The van der Waals surface area contributed by atoms with Crippen LogP contribution in [0.4, 0.5) is 4.79 Å². The summed E-state index contributed by atoms with van der Waals surface area (Å²) in [5.41, 5.74) is 3.51. The van der Waals surface area contributed by atoms with Crippen LogP contribution in [0.3, 0.4) is 0 Å². The first-order valence-corrected chi connectivity index (χ1v) is 14.5. The van der Waals surface area contributed by atoms with Crippen LogP contribution in [0.25, 0.3) is 11.3 Å². The number of hydrogen-bond donors (Lipinski definition) is 2. The summed E-state index contributed by atoms with van der Waals surface area (Å²) < 4.78 is 11.3. The van der Waals surface area contributed by atoms with E-state index in [1.54, 1.807) is 11.1 Å². The summed E-state index contributed by atoms with van der Waals surface area (Å²) in [5, 5.41) is 12.8. The first-order valence-electron chi connectivity index (χ1n) is 14.5. The number of likely N-dealkylation sites (tertiary alicyclic amines) is 1. The molecule has 7 heteroatoms. The lowest BCUT2D eigenvalue weighted by molar-refractivity contribution is -0.107. The summed E-state index contributed by atoms with van der Waals surface area (Å²) in [5.74, 6) is 0.871. The highest BCUT2D eigenvalue weighted by atomic mass is 16.6. The lowest BCUT2D eigenvalue weighted by Crippen LogP contribution is -2.67. The Morgan fingerprint density at radius 2 is 1.77 bits per heavy atom. The highest BCUT2D eigenvalue weighted by Gasteiger charge is 2.55. The molecule has 2 aliphatic rings. The molecule has 0 bridgehead atoms. The Morgan fingerprint density at radius 3 is 2.40 bits per heavy atom. The molecule has 40 heavy (non-hydrogen) atoms. The minimum absolute atomic E-state index is 0.0524. The van der Waals surface area contributed by atoms with Gasteiger partial charge >= 0.3 is 6.09 Å². The van der Waals surface area contributed by atoms with E-state index in [9.17, 15) is 9.90 Å². The Balaban J connectivity index is 1.55. The second-order valence-electron chi connectivity index (χ2n) is 12.8. The van der Waals surface area contributed by atoms with Crippen molar-refractivity contribution in [1.29, 1.82) is 0 Å². The molecule has 214 valence electrons. The molecule has 1 aromatic carbocycles. The number of hydrogen-bond acceptors (Lipinski definition) is 5. The smallest absolute Gasteiger partial charge is 0.410 e. The summed E-state index contributed by atoms with van der Waals surface area (Å²) in [6.07, 6.45) is 5.14. The number of nitrogens with one attached hydrogen (secondary N) is 1. The molecule has 2 aromatic heterocycles. The molecule has 2 aliphatic heterocycles. The highest BCUT2D eigenvalue weighted by Crippen LogP contribution is 2.45. The minimum atomic E-state index is -1.48.